The highest BCUT2D eigenvalue weighted by atomic mass is 32.1. The predicted octanol–water partition coefficient (Wildman–Crippen LogP) is 2.48. The molecule has 0 aliphatic rings. The van der Waals surface area contributed by atoms with Crippen LogP contribution in [0.5, 0.6) is 0 Å². The van der Waals surface area contributed by atoms with Crippen LogP contribution in [0, 0.1) is 4.77 Å². The van der Waals surface area contributed by atoms with Crippen LogP contribution in [-0.4, -0.2) is 19.7 Å². The van der Waals surface area contributed by atoms with Gasteiger partial charge >= 0.3 is 0 Å². The second-order valence-electron chi connectivity index (χ2n) is 3.41. The highest BCUT2D eigenvalue weighted by Crippen LogP contribution is 2.20. The number of fused-ring (bicyclic) bond motifs is 1. The zero-order valence-corrected chi connectivity index (χ0v) is 9.11. The first-order valence-electron chi connectivity index (χ1n) is 4.81. The first-order chi connectivity index (χ1) is 7.86. The average Bonchev–Trinajstić information content (AvgIpc) is 2.75. The zero-order chi connectivity index (χ0) is 11.0. The molecule has 2 aromatic heterocycles. The monoisotopic (exact) mass is 228 g/mol. The maximum Gasteiger partial charge on any atom is 0.199 e. The van der Waals surface area contributed by atoms with Crippen LogP contribution < -0.4 is 0 Å². The van der Waals surface area contributed by atoms with Crippen molar-refractivity contribution in [2.45, 2.75) is 0 Å². The summed E-state index contributed by atoms with van der Waals surface area (Å²) in [4.78, 5) is 4.10. The Balaban J connectivity index is 2.41. The Morgan fingerprint density at radius 1 is 1.25 bits per heavy atom. The molecule has 1 N–H and O–H groups in total. The van der Waals surface area contributed by atoms with Gasteiger partial charge in [-0.25, -0.2) is 0 Å². The molecule has 0 aliphatic heterocycles. The Morgan fingerprint density at radius 3 is 3.00 bits per heavy atom. The van der Waals surface area contributed by atoms with E-state index in [9.17, 15) is 0 Å². The van der Waals surface area contributed by atoms with Crippen molar-refractivity contribution in [1.82, 2.24) is 19.7 Å². The van der Waals surface area contributed by atoms with Crippen LogP contribution in [0.4, 0.5) is 0 Å². The number of hydrogen-bond donors (Lipinski definition) is 1. The smallest absolute Gasteiger partial charge is 0.199 e. The molecular formula is C11H8N4S. The summed E-state index contributed by atoms with van der Waals surface area (Å²) in [6.07, 6.45) is 5.29. The summed E-state index contributed by atoms with van der Waals surface area (Å²) in [5.74, 6) is 0. The zero-order valence-electron chi connectivity index (χ0n) is 8.29. The molecule has 0 aliphatic carbocycles. The summed E-state index contributed by atoms with van der Waals surface area (Å²) in [6.45, 7) is 0. The Bertz CT molecular complexity index is 693. The van der Waals surface area contributed by atoms with Crippen LogP contribution in [0.2, 0.25) is 0 Å². The third-order valence-corrected chi connectivity index (χ3v) is 2.76. The summed E-state index contributed by atoms with van der Waals surface area (Å²) in [7, 11) is 0. The van der Waals surface area contributed by atoms with E-state index >= 15 is 0 Å². The Hall–Kier alpha value is -2.01. The number of nitrogens with one attached hydrogen (secondary N) is 1. The number of rotatable bonds is 1. The number of hydrogen-bond acceptors (Lipinski definition) is 3. The summed E-state index contributed by atoms with van der Waals surface area (Å²) >= 11 is 5.16. The molecule has 0 saturated heterocycles. The highest BCUT2D eigenvalue weighted by Gasteiger charge is 2.03. The molecule has 3 rings (SSSR count). The van der Waals surface area contributed by atoms with E-state index in [1.807, 2.05) is 35.0 Å². The van der Waals surface area contributed by atoms with Crippen molar-refractivity contribution in [3.05, 3.63) is 47.8 Å². The van der Waals surface area contributed by atoms with E-state index in [1.165, 1.54) is 0 Å². The second kappa shape index (κ2) is 3.53. The maximum absolute atomic E-state index is 5.16. The van der Waals surface area contributed by atoms with Crippen molar-refractivity contribution in [3.8, 4) is 5.69 Å². The van der Waals surface area contributed by atoms with Crippen molar-refractivity contribution in [2.75, 3.05) is 0 Å². The van der Waals surface area contributed by atoms with Gasteiger partial charge in [0.1, 0.15) is 6.33 Å². The molecule has 3 aromatic rings. The van der Waals surface area contributed by atoms with Gasteiger partial charge in [0.15, 0.2) is 4.77 Å². The fourth-order valence-electron chi connectivity index (χ4n) is 1.74. The highest BCUT2D eigenvalue weighted by molar-refractivity contribution is 7.71. The first-order valence-corrected chi connectivity index (χ1v) is 5.22. The van der Waals surface area contributed by atoms with Gasteiger partial charge in [-0.15, -0.1) is 0 Å². The number of H-pyrrole nitrogens is 1. The molecule has 0 radical (unpaired) electrons. The van der Waals surface area contributed by atoms with E-state index in [0.717, 1.165) is 16.5 Å². The van der Waals surface area contributed by atoms with Crippen LogP contribution in [0.1, 0.15) is 0 Å². The predicted molar refractivity (Wildman–Crippen MR) is 64.0 cm³/mol. The molecule has 0 spiro atoms. The first kappa shape index (κ1) is 9.23. The molecule has 5 heteroatoms. The van der Waals surface area contributed by atoms with Gasteiger partial charge < -0.3 is 0 Å². The summed E-state index contributed by atoms with van der Waals surface area (Å²) in [6, 6.07) is 7.98. The lowest BCUT2D eigenvalue weighted by Gasteiger charge is -2.05. The summed E-state index contributed by atoms with van der Waals surface area (Å²) < 4.78 is 2.43. The lowest BCUT2D eigenvalue weighted by Crippen LogP contribution is -1.93. The van der Waals surface area contributed by atoms with Crippen molar-refractivity contribution >= 4 is 23.0 Å². The average molecular weight is 228 g/mol. The molecule has 0 fully saturated rings. The molecule has 4 nitrogen and oxygen atoms in total. The van der Waals surface area contributed by atoms with E-state index in [4.69, 9.17) is 12.2 Å². The number of nitrogens with zero attached hydrogens (tertiary/aromatic N) is 3. The molecule has 0 bridgehead atoms. The number of aromatic amines is 1. The van der Waals surface area contributed by atoms with Crippen molar-refractivity contribution in [1.29, 1.82) is 0 Å². The van der Waals surface area contributed by atoms with Gasteiger partial charge in [0, 0.05) is 23.2 Å². The molecule has 0 atom stereocenters. The number of aromatic nitrogens is 4. The van der Waals surface area contributed by atoms with E-state index in [-0.39, 0.29) is 0 Å². The van der Waals surface area contributed by atoms with E-state index in [2.05, 4.69) is 15.2 Å². The van der Waals surface area contributed by atoms with Gasteiger partial charge in [0.2, 0.25) is 0 Å². The molecular weight excluding hydrogens is 220 g/mol. The molecule has 0 unspecified atom stereocenters. The SMILES string of the molecule is S=c1[nH]ncn1-c1cccc2cnccc12. The Morgan fingerprint density at radius 2 is 2.19 bits per heavy atom. The Kier molecular flexibility index (Phi) is 2.04. The minimum atomic E-state index is 0.587. The van der Waals surface area contributed by atoms with Gasteiger partial charge in [0.05, 0.1) is 5.69 Å². The molecule has 16 heavy (non-hydrogen) atoms. The molecule has 78 valence electrons. The van der Waals surface area contributed by atoms with Crippen LogP contribution >= 0.6 is 12.2 Å². The van der Waals surface area contributed by atoms with Crippen LogP contribution in [0.15, 0.2) is 43.0 Å². The van der Waals surface area contributed by atoms with Gasteiger partial charge in [0.25, 0.3) is 0 Å². The van der Waals surface area contributed by atoms with Gasteiger partial charge in [-0.05, 0) is 24.4 Å². The second-order valence-corrected chi connectivity index (χ2v) is 3.79. The van der Waals surface area contributed by atoms with E-state index < -0.39 is 0 Å². The third-order valence-electron chi connectivity index (χ3n) is 2.47. The lowest BCUT2D eigenvalue weighted by atomic mass is 10.1. The molecule has 0 amide bonds. The minimum Gasteiger partial charge on any atom is -0.274 e. The van der Waals surface area contributed by atoms with Crippen LogP contribution in [0.3, 0.4) is 0 Å². The maximum atomic E-state index is 5.16. The minimum absolute atomic E-state index is 0.587. The van der Waals surface area contributed by atoms with Crippen molar-refractivity contribution in [3.63, 3.8) is 0 Å². The topological polar surface area (TPSA) is 46.5 Å². The third kappa shape index (κ3) is 1.33. The van der Waals surface area contributed by atoms with Crippen LogP contribution in [-0.2, 0) is 0 Å². The van der Waals surface area contributed by atoms with Crippen molar-refractivity contribution in [2.24, 2.45) is 0 Å². The van der Waals surface area contributed by atoms with Gasteiger partial charge in [-0.3, -0.25) is 14.6 Å². The van der Waals surface area contributed by atoms with Crippen molar-refractivity contribution < 1.29 is 0 Å². The fraction of sp³-hybridized carbons (Fsp3) is 0. The summed E-state index contributed by atoms with van der Waals surface area (Å²) in [5.41, 5.74) is 1.01. The lowest BCUT2D eigenvalue weighted by molar-refractivity contribution is 1.04. The normalized spacial score (nSPS) is 10.8. The number of benzene rings is 1. The van der Waals surface area contributed by atoms with E-state index in [0.29, 0.717) is 4.77 Å². The molecule has 2 heterocycles. The standard InChI is InChI=1S/C11H8N4S/c16-11-14-13-7-15(11)10-3-1-2-8-6-12-5-4-9(8)10/h1-7H,(H,14,16). The summed E-state index contributed by atoms with van der Waals surface area (Å²) in [5, 5.41) is 8.86. The van der Waals surface area contributed by atoms with Gasteiger partial charge in [-0.2, -0.15) is 5.10 Å². The largest absolute Gasteiger partial charge is 0.274 e. The quantitative estimate of drug-likeness (QED) is 0.651. The Labute approximate surface area is 96.6 Å². The fourth-order valence-corrected chi connectivity index (χ4v) is 1.93. The van der Waals surface area contributed by atoms with E-state index in [1.54, 1.807) is 12.5 Å². The number of pyridine rings is 1. The molecule has 0 saturated carbocycles. The van der Waals surface area contributed by atoms with Gasteiger partial charge in [-0.1, -0.05) is 12.1 Å². The van der Waals surface area contributed by atoms with Crippen LogP contribution in [0.25, 0.3) is 16.5 Å². The molecule has 1 aromatic carbocycles.